The Morgan fingerprint density at radius 3 is 2.48 bits per heavy atom. The van der Waals surface area contributed by atoms with Gasteiger partial charge in [-0.1, -0.05) is 12.5 Å². The highest BCUT2D eigenvalue weighted by Gasteiger charge is 2.25. The summed E-state index contributed by atoms with van der Waals surface area (Å²) in [5.41, 5.74) is 0.256. The van der Waals surface area contributed by atoms with Gasteiger partial charge in [0, 0.05) is 30.2 Å². The largest absolute Gasteiger partial charge is 0.311 e. The topological polar surface area (TPSA) is 15.3 Å². The number of piperidine rings is 1. The Morgan fingerprint density at radius 1 is 1.19 bits per heavy atom. The number of hydrogen-bond donors (Lipinski definition) is 1. The van der Waals surface area contributed by atoms with Gasteiger partial charge in [-0.2, -0.15) is 0 Å². The lowest BCUT2D eigenvalue weighted by Gasteiger charge is -2.37. The van der Waals surface area contributed by atoms with Gasteiger partial charge in [-0.25, -0.2) is 8.78 Å². The van der Waals surface area contributed by atoms with Crippen LogP contribution in [0.4, 0.5) is 8.78 Å². The smallest absolute Gasteiger partial charge is 0.130 e. The van der Waals surface area contributed by atoms with Crippen molar-refractivity contribution in [1.29, 1.82) is 0 Å². The lowest BCUT2D eigenvalue weighted by Crippen LogP contribution is -2.49. The minimum Gasteiger partial charge on any atom is -0.311 e. The third-order valence-corrected chi connectivity index (χ3v) is 4.04. The zero-order valence-corrected chi connectivity index (χ0v) is 13.3. The molecule has 1 aromatic carbocycles. The Hall–Kier alpha value is -1.00. The Bertz CT molecular complexity index is 448. The standard InChI is InChI=1S/C17H26F2N2/c1-17(2,3)20-11-13-7-4-5-10-21(13)12-14-15(18)8-6-9-16(14)19/h6,8-9,13,20H,4-5,7,10-12H2,1-3H3. The highest BCUT2D eigenvalue weighted by Crippen LogP contribution is 2.22. The van der Waals surface area contributed by atoms with Gasteiger partial charge >= 0.3 is 0 Å². The molecule has 1 saturated heterocycles. The molecule has 0 saturated carbocycles. The van der Waals surface area contributed by atoms with Crippen molar-refractivity contribution in [3.63, 3.8) is 0 Å². The van der Waals surface area contributed by atoms with Gasteiger partial charge in [0.15, 0.2) is 0 Å². The fourth-order valence-corrected chi connectivity index (χ4v) is 2.81. The summed E-state index contributed by atoms with van der Waals surface area (Å²) in [6.07, 6.45) is 3.37. The van der Waals surface area contributed by atoms with Crippen molar-refractivity contribution < 1.29 is 8.78 Å². The third kappa shape index (κ3) is 4.75. The highest BCUT2D eigenvalue weighted by atomic mass is 19.1. The summed E-state index contributed by atoms with van der Waals surface area (Å²) < 4.78 is 27.7. The molecule has 21 heavy (non-hydrogen) atoms. The van der Waals surface area contributed by atoms with Gasteiger partial charge in [0.1, 0.15) is 11.6 Å². The Morgan fingerprint density at radius 2 is 1.86 bits per heavy atom. The van der Waals surface area contributed by atoms with E-state index in [9.17, 15) is 8.78 Å². The normalized spacial score (nSPS) is 20.7. The molecule has 0 amide bonds. The minimum absolute atomic E-state index is 0.0619. The van der Waals surface area contributed by atoms with Crippen molar-refractivity contribution in [2.45, 2.75) is 58.2 Å². The first-order valence-corrected chi connectivity index (χ1v) is 7.79. The number of likely N-dealkylation sites (tertiary alicyclic amines) is 1. The van der Waals surface area contributed by atoms with Crippen molar-refractivity contribution >= 4 is 0 Å². The lowest BCUT2D eigenvalue weighted by molar-refractivity contribution is 0.128. The average molecular weight is 296 g/mol. The van der Waals surface area contributed by atoms with Crippen LogP contribution in [0.5, 0.6) is 0 Å². The van der Waals surface area contributed by atoms with E-state index >= 15 is 0 Å². The van der Waals surface area contributed by atoms with Crippen LogP contribution in [-0.2, 0) is 6.54 Å². The molecule has 1 aliphatic rings. The maximum atomic E-state index is 13.8. The predicted molar refractivity (Wildman–Crippen MR) is 82.2 cm³/mol. The molecule has 0 aromatic heterocycles. The van der Waals surface area contributed by atoms with E-state index < -0.39 is 11.6 Å². The van der Waals surface area contributed by atoms with Crippen LogP contribution < -0.4 is 5.32 Å². The Kier molecular flexibility index (Phi) is 5.33. The van der Waals surface area contributed by atoms with Crippen molar-refractivity contribution in [2.24, 2.45) is 0 Å². The van der Waals surface area contributed by atoms with Crippen LogP contribution in [0.25, 0.3) is 0 Å². The first-order valence-electron chi connectivity index (χ1n) is 7.79. The molecule has 1 heterocycles. The van der Waals surface area contributed by atoms with Gasteiger partial charge in [-0.3, -0.25) is 4.90 Å². The second-order valence-electron chi connectivity index (χ2n) is 6.95. The Labute approximate surface area is 126 Å². The van der Waals surface area contributed by atoms with E-state index in [0.717, 1.165) is 25.9 Å². The summed E-state index contributed by atoms with van der Waals surface area (Å²) in [6.45, 7) is 8.53. The summed E-state index contributed by atoms with van der Waals surface area (Å²) in [7, 11) is 0. The van der Waals surface area contributed by atoms with E-state index in [1.54, 1.807) is 0 Å². The number of nitrogens with zero attached hydrogens (tertiary/aromatic N) is 1. The molecular weight excluding hydrogens is 270 g/mol. The molecule has 1 N–H and O–H groups in total. The van der Waals surface area contributed by atoms with Crippen LogP contribution in [0.15, 0.2) is 18.2 Å². The van der Waals surface area contributed by atoms with Crippen LogP contribution in [0.1, 0.15) is 45.6 Å². The fourth-order valence-electron chi connectivity index (χ4n) is 2.81. The quantitative estimate of drug-likeness (QED) is 0.911. The number of halogens is 2. The molecule has 0 spiro atoms. The van der Waals surface area contributed by atoms with Gasteiger partial charge in [-0.05, 0) is 52.3 Å². The van der Waals surface area contributed by atoms with E-state index in [2.05, 4.69) is 31.0 Å². The first-order chi connectivity index (χ1) is 9.87. The predicted octanol–water partition coefficient (Wildman–Crippen LogP) is 3.71. The van der Waals surface area contributed by atoms with Crippen LogP contribution >= 0.6 is 0 Å². The molecule has 2 rings (SSSR count). The molecule has 0 aliphatic carbocycles. The van der Waals surface area contributed by atoms with E-state index in [0.29, 0.717) is 12.6 Å². The average Bonchev–Trinajstić information content (AvgIpc) is 2.41. The van der Waals surface area contributed by atoms with Crippen LogP contribution in [0.3, 0.4) is 0 Å². The monoisotopic (exact) mass is 296 g/mol. The van der Waals surface area contributed by atoms with E-state index in [-0.39, 0.29) is 11.1 Å². The van der Waals surface area contributed by atoms with Gasteiger partial charge < -0.3 is 5.32 Å². The van der Waals surface area contributed by atoms with Crippen molar-refractivity contribution in [3.05, 3.63) is 35.4 Å². The van der Waals surface area contributed by atoms with Gasteiger partial charge in [-0.15, -0.1) is 0 Å². The fraction of sp³-hybridized carbons (Fsp3) is 0.647. The van der Waals surface area contributed by atoms with Crippen LogP contribution in [0.2, 0.25) is 0 Å². The number of hydrogen-bond acceptors (Lipinski definition) is 2. The summed E-state index contributed by atoms with van der Waals surface area (Å²) in [5.74, 6) is -0.883. The molecule has 1 fully saturated rings. The molecule has 0 bridgehead atoms. The summed E-state index contributed by atoms with van der Waals surface area (Å²) >= 11 is 0. The molecule has 0 radical (unpaired) electrons. The second-order valence-corrected chi connectivity index (χ2v) is 6.95. The van der Waals surface area contributed by atoms with Crippen LogP contribution in [-0.4, -0.2) is 29.6 Å². The summed E-state index contributed by atoms with van der Waals surface area (Å²) in [4.78, 5) is 2.21. The zero-order valence-electron chi connectivity index (χ0n) is 13.3. The minimum atomic E-state index is -0.442. The van der Waals surface area contributed by atoms with E-state index in [4.69, 9.17) is 0 Å². The Balaban J connectivity index is 2.05. The van der Waals surface area contributed by atoms with E-state index in [1.807, 2.05) is 0 Å². The molecule has 1 atom stereocenters. The maximum absolute atomic E-state index is 13.8. The molecule has 2 nitrogen and oxygen atoms in total. The molecule has 4 heteroatoms. The van der Waals surface area contributed by atoms with Gasteiger partial charge in [0.05, 0.1) is 0 Å². The van der Waals surface area contributed by atoms with E-state index in [1.165, 1.54) is 24.6 Å². The first kappa shape index (κ1) is 16.4. The van der Waals surface area contributed by atoms with Crippen LogP contribution in [0, 0.1) is 11.6 Å². The summed E-state index contributed by atoms with van der Waals surface area (Å²) in [6, 6.07) is 4.44. The molecule has 118 valence electrons. The van der Waals surface area contributed by atoms with Gasteiger partial charge in [0.2, 0.25) is 0 Å². The second kappa shape index (κ2) is 6.84. The molecular formula is C17H26F2N2. The number of rotatable bonds is 4. The number of nitrogens with one attached hydrogen (secondary N) is 1. The lowest BCUT2D eigenvalue weighted by atomic mass is 9.99. The van der Waals surface area contributed by atoms with Gasteiger partial charge in [0.25, 0.3) is 0 Å². The molecule has 1 aromatic rings. The summed E-state index contributed by atoms with van der Waals surface area (Å²) in [5, 5.41) is 3.51. The van der Waals surface area contributed by atoms with Crippen molar-refractivity contribution in [3.8, 4) is 0 Å². The zero-order chi connectivity index (χ0) is 15.5. The molecule has 1 aliphatic heterocycles. The third-order valence-electron chi connectivity index (χ3n) is 4.04. The number of benzene rings is 1. The SMILES string of the molecule is CC(C)(C)NCC1CCCCN1Cc1c(F)cccc1F. The van der Waals surface area contributed by atoms with Crippen molar-refractivity contribution in [1.82, 2.24) is 10.2 Å². The highest BCUT2D eigenvalue weighted by molar-refractivity contribution is 5.19. The molecule has 1 unspecified atom stereocenters. The maximum Gasteiger partial charge on any atom is 0.130 e. The van der Waals surface area contributed by atoms with Crippen molar-refractivity contribution in [2.75, 3.05) is 13.1 Å².